The molecule has 0 spiro atoms. The number of halogens is 2. The number of hydrogen-bond acceptors (Lipinski definition) is 2. The Labute approximate surface area is 128 Å². The highest BCUT2D eigenvalue weighted by atomic mass is 35.5. The Bertz CT molecular complexity index is 621. The van der Waals surface area contributed by atoms with Gasteiger partial charge in [-0.15, -0.1) is 0 Å². The minimum atomic E-state index is 0.0273. The largest absolute Gasteiger partial charge is 0.378 e. The lowest BCUT2D eigenvalue weighted by atomic mass is 10.0. The Hall–Kier alpha value is -1.51. The molecule has 0 N–H and O–H groups in total. The molecule has 2 rings (SSSR count). The Morgan fingerprint density at radius 2 is 1.70 bits per heavy atom. The van der Waals surface area contributed by atoms with Crippen LogP contribution in [0, 0.1) is 0 Å². The van der Waals surface area contributed by atoms with Crippen LogP contribution >= 0.6 is 23.2 Å². The van der Waals surface area contributed by atoms with Gasteiger partial charge in [-0.05, 0) is 48.0 Å². The Balaban J connectivity index is 2.17. The second-order valence-corrected chi connectivity index (χ2v) is 5.62. The molecule has 2 nitrogen and oxygen atoms in total. The molecule has 0 aromatic heterocycles. The molecule has 2 aromatic carbocycles. The van der Waals surface area contributed by atoms with Gasteiger partial charge in [-0.25, -0.2) is 0 Å². The van der Waals surface area contributed by atoms with Crippen LogP contribution in [0.3, 0.4) is 0 Å². The van der Waals surface area contributed by atoms with E-state index in [1.165, 1.54) is 0 Å². The number of Topliss-reactive ketones (excluding diaryl/α,β-unsaturated/α-hetero) is 1. The summed E-state index contributed by atoms with van der Waals surface area (Å²) in [4.78, 5) is 14.2. The lowest BCUT2D eigenvalue weighted by Crippen LogP contribution is -2.09. The van der Waals surface area contributed by atoms with Crippen molar-refractivity contribution in [1.29, 1.82) is 0 Å². The number of anilines is 1. The third-order valence-corrected chi connectivity index (χ3v) is 3.67. The third kappa shape index (κ3) is 3.53. The summed E-state index contributed by atoms with van der Waals surface area (Å²) < 4.78 is 0. The van der Waals surface area contributed by atoms with Gasteiger partial charge in [0.1, 0.15) is 0 Å². The second-order valence-electron chi connectivity index (χ2n) is 4.78. The normalized spacial score (nSPS) is 10.4. The fourth-order valence-electron chi connectivity index (χ4n) is 1.90. The van der Waals surface area contributed by atoms with Crippen LogP contribution in [0.2, 0.25) is 10.0 Å². The monoisotopic (exact) mass is 307 g/mol. The number of carbonyl (C=O) groups is 1. The van der Waals surface area contributed by atoms with Gasteiger partial charge in [-0.1, -0.05) is 23.2 Å². The molecule has 0 saturated heterocycles. The van der Waals surface area contributed by atoms with Gasteiger partial charge in [0.2, 0.25) is 0 Å². The maximum atomic E-state index is 12.2. The summed E-state index contributed by atoms with van der Waals surface area (Å²) in [5.41, 5.74) is 2.48. The maximum Gasteiger partial charge on any atom is 0.167 e. The number of ketones is 1. The van der Waals surface area contributed by atoms with Crippen molar-refractivity contribution < 1.29 is 4.79 Å². The molecular formula is C16H15Cl2NO. The molecule has 0 amide bonds. The molecule has 20 heavy (non-hydrogen) atoms. The van der Waals surface area contributed by atoms with E-state index in [4.69, 9.17) is 23.2 Å². The van der Waals surface area contributed by atoms with Crippen LogP contribution in [0.5, 0.6) is 0 Å². The summed E-state index contributed by atoms with van der Waals surface area (Å²) in [6.07, 6.45) is 0.251. The molecule has 0 saturated carbocycles. The third-order valence-electron chi connectivity index (χ3n) is 3.06. The predicted molar refractivity (Wildman–Crippen MR) is 85.3 cm³/mol. The molecule has 0 aliphatic rings. The van der Waals surface area contributed by atoms with E-state index in [0.717, 1.165) is 11.3 Å². The molecule has 4 heteroatoms. The van der Waals surface area contributed by atoms with Gasteiger partial charge in [-0.2, -0.15) is 0 Å². The molecule has 0 aliphatic heterocycles. The fourth-order valence-corrected chi connectivity index (χ4v) is 2.28. The van der Waals surface area contributed by atoms with Gasteiger partial charge in [0.15, 0.2) is 5.78 Å². The second kappa shape index (κ2) is 6.29. The number of benzene rings is 2. The Kier molecular flexibility index (Phi) is 4.69. The Morgan fingerprint density at radius 1 is 1.05 bits per heavy atom. The molecule has 0 aliphatic carbocycles. The molecule has 0 bridgehead atoms. The summed E-state index contributed by atoms with van der Waals surface area (Å²) in [5.74, 6) is 0.0273. The molecule has 0 fully saturated rings. The van der Waals surface area contributed by atoms with Gasteiger partial charge in [-0.3, -0.25) is 4.79 Å². The first kappa shape index (κ1) is 14.9. The first-order valence-electron chi connectivity index (χ1n) is 6.22. The predicted octanol–water partition coefficient (Wildman–Crippen LogP) is 4.48. The topological polar surface area (TPSA) is 20.3 Å². The van der Waals surface area contributed by atoms with Crippen LogP contribution < -0.4 is 4.90 Å². The molecule has 0 radical (unpaired) electrons. The first-order chi connectivity index (χ1) is 9.47. The average molecular weight is 308 g/mol. The highest BCUT2D eigenvalue weighted by Gasteiger charge is 2.10. The van der Waals surface area contributed by atoms with Crippen molar-refractivity contribution in [2.45, 2.75) is 6.42 Å². The van der Waals surface area contributed by atoms with E-state index in [1.807, 2.05) is 43.3 Å². The van der Waals surface area contributed by atoms with E-state index in [9.17, 15) is 4.79 Å². The summed E-state index contributed by atoms with van der Waals surface area (Å²) in [6.45, 7) is 0. The van der Waals surface area contributed by atoms with Crippen molar-refractivity contribution >= 4 is 34.7 Å². The highest BCUT2D eigenvalue weighted by molar-refractivity contribution is 6.33. The van der Waals surface area contributed by atoms with E-state index in [2.05, 4.69) is 0 Å². The van der Waals surface area contributed by atoms with Crippen molar-refractivity contribution in [3.05, 3.63) is 63.6 Å². The van der Waals surface area contributed by atoms with Crippen LogP contribution in [0.25, 0.3) is 0 Å². The van der Waals surface area contributed by atoms with Crippen LogP contribution in [0.1, 0.15) is 15.9 Å². The van der Waals surface area contributed by atoms with E-state index in [1.54, 1.807) is 18.2 Å². The molecule has 0 unspecified atom stereocenters. The van der Waals surface area contributed by atoms with Crippen molar-refractivity contribution in [3.63, 3.8) is 0 Å². The zero-order chi connectivity index (χ0) is 14.7. The van der Waals surface area contributed by atoms with Gasteiger partial charge in [0, 0.05) is 41.8 Å². The lowest BCUT2D eigenvalue weighted by Gasteiger charge is -2.12. The van der Waals surface area contributed by atoms with Gasteiger partial charge < -0.3 is 4.90 Å². The van der Waals surface area contributed by atoms with Gasteiger partial charge >= 0.3 is 0 Å². The highest BCUT2D eigenvalue weighted by Crippen LogP contribution is 2.22. The van der Waals surface area contributed by atoms with Crippen molar-refractivity contribution in [1.82, 2.24) is 0 Å². The zero-order valence-corrected chi connectivity index (χ0v) is 12.9. The van der Waals surface area contributed by atoms with Crippen LogP contribution in [0.15, 0.2) is 42.5 Å². The summed E-state index contributed by atoms with van der Waals surface area (Å²) in [5, 5.41) is 1.15. The lowest BCUT2D eigenvalue weighted by molar-refractivity contribution is 0.0993. The standard InChI is InChI=1S/C16H15Cl2NO/c1-19(2)14-6-3-11(4-7-14)16(20)10-12-9-13(17)5-8-15(12)18/h3-9H,10H2,1-2H3. The summed E-state index contributed by atoms with van der Waals surface area (Å²) in [6, 6.07) is 12.7. The van der Waals surface area contributed by atoms with Crippen LogP contribution in [0.4, 0.5) is 5.69 Å². The molecule has 104 valence electrons. The summed E-state index contributed by atoms with van der Waals surface area (Å²) >= 11 is 12.0. The molecular weight excluding hydrogens is 293 g/mol. The molecule has 0 heterocycles. The van der Waals surface area contributed by atoms with Crippen LogP contribution in [-0.4, -0.2) is 19.9 Å². The maximum absolute atomic E-state index is 12.2. The van der Waals surface area contributed by atoms with E-state index in [0.29, 0.717) is 15.6 Å². The quantitative estimate of drug-likeness (QED) is 0.776. The minimum Gasteiger partial charge on any atom is -0.378 e. The summed E-state index contributed by atoms with van der Waals surface area (Å²) in [7, 11) is 3.92. The first-order valence-corrected chi connectivity index (χ1v) is 6.97. The Morgan fingerprint density at radius 3 is 2.30 bits per heavy atom. The van der Waals surface area contributed by atoms with E-state index >= 15 is 0 Å². The smallest absolute Gasteiger partial charge is 0.167 e. The van der Waals surface area contributed by atoms with Crippen LogP contribution in [-0.2, 0) is 6.42 Å². The number of carbonyl (C=O) groups excluding carboxylic acids is 1. The minimum absolute atomic E-state index is 0.0273. The van der Waals surface area contributed by atoms with Crippen molar-refractivity contribution in [2.75, 3.05) is 19.0 Å². The average Bonchev–Trinajstić information content (AvgIpc) is 2.43. The number of rotatable bonds is 4. The van der Waals surface area contributed by atoms with Gasteiger partial charge in [0.05, 0.1) is 0 Å². The van der Waals surface area contributed by atoms with E-state index < -0.39 is 0 Å². The van der Waals surface area contributed by atoms with Gasteiger partial charge in [0.25, 0.3) is 0 Å². The van der Waals surface area contributed by atoms with Crippen molar-refractivity contribution in [3.8, 4) is 0 Å². The van der Waals surface area contributed by atoms with Crippen molar-refractivity contribution in [2.24, 2.45) is 0 Å². The number of nitrogens with zero attached hydrogens (tertiary/aromatic N) is 1. The van der Waals surface area contributed by atoms with E-state index in [-0.39, 0.29) is 12.2 Å². The zero-order valence-electron chi connectivity index (χ0n) is 11.4. The fraction of sp³-hybridized carbons (Fsp3) is 0.188. The molecule has 2 aromatic rings. The molecule has 0 atom stereocenters. The SMILES string of the molecule is CN(C)c1ccc(C(=O)Cc2cc(Cl)ccc2Cl)cc1. The number of hydrogen-bond donors (Lipinski definition) is 0.